The second-order valence-electron chi connectivity index (χ2n) is 5.02. The fourth-order valence-electron chi connectivity index (χ4n) is 2.44. The van der Waals surface area contributed by atoms with Crippen molar-refractivity contribution < 1.29 is 18.7 Å². The molecular formula is C16H12BrClFNO3. The molecule has 1 heterocycles. The maximum atomic E-state index is 13.5. The van der Waals surface area contributed by atoms with Crippen LogP contribution in [-0.4, -0.2) is 19.1 Å². The molecule has 0 aliphatic carbocycles. The van der Waals surface area contributed by atoms with Gasteiger partial charge in [0.25, 0.3) is 5.91 Å². The predicted molar refractivity (Wildman–Crippen MR) is 88.9 cm³/mol. The lowest BCUT2D eigenvalue weighted by Crippen LogP contribution is -2.31. The van der Waals surface area contributed by atoms with E-state index in [-0.39, 0.29) is 11.6 Å². The van der Waals surface area contributed by atoms with E-state index in [2.05, 4.69) is 21.2 Å². The Labute approximate surface area is 145 Å². The molecule has 120 valence electrons. The van der Waals surface area contributed by atoms with Gasteiger partial charge in [-0.05, 0) is 45.8 Å². The van der Waals surface area contributed by atoms with E-state index in [1.165, 1.54) is 19.2 Å². The number of amides is 1. The molecule has 0 saturated heterocycles. The first-order valence-corrected chi connectivity index (χ1v) is 7.94. The number of ether oxygens (including phenoxy) is 2. The number of hydrogen-bond donors (Lipinski definition) is 1. The molecule has 3 rings (SSSR count). The summed E-state index contributed by atoms with van der Waals surface area (Å²) in [6.07, 6.45) is -0.296. The van der Waals surface area contributed by atoms with E-state index < -0.39 is 11.9 Å². The number of rotatable bonds is 3. The Morgan fingerprint density at radius 3 is 2.96 bits per heavy atom. The van der Waals surface area contributed by atoms with Crippen LogP contribution in [0.15, 0.2) is 34.8 Å². The minimum atomic E-state index is -0.699. The quantitative estimate of drug-likeness (QED) is 0.840. The van der Waals surface area contributed by atoms with Gasteiger partial charge in [-0.3, -0.25) is 4.79 Å². The van der Waals surface area contributed by atoms with Crippen LogP contribution in [0.3, 0.4) is 0 Å². The Kier molecular flexibility index (Phi) is 4.46. The summed E-state index contributed by atoms with van der Waals surface area (Å²) in [5.74, 6) is 0.101. The zero-order valence-corrected chi connectivity index (χ0v) is 14.4. The maximum absolute atomic E-state index is 13.5. The van der Waals surface area contributed by atoms with Crippen molar-refractivity contribution in [3.05, 3.63) is 51.2 Å². The summed E-state index contributed by atoms with van der Waals surface area (Å²) < 4.78 is 24.8. The fraction of sp³-hybridized carbons (Fsp3) is 0.188. The van der Waals surface area contributed by atoms with E-state index in [9.17, 15) is 9.18 Å². The first-order valence-electron chi connectivity index (χ1n) is 6.77. The van der Waals surface area contributed by atoms with Crippen molar-refractivity contribution in [2.75, 3.05) is 12.4 Å². The summed E-state index contributed by atoms with van der Waals surface area (Å²) >= 11 is 9.14. The molecule has 0 aromatic heterocycles. The third-order valence-electron chi connectivity index (χ3n) is 3.46. The smallest absolute Gasteiger partial charge is 0.265 e. The first-order chi connectivity index (χ1) is 11.0. The molecule has 23 heavy (non-hydrogen) atoms. The number of nitrogens with one attached hydrogen (secondary N) is 1. The number of halogens is 3. The lowest BCUT2D eigenvalue weighted by atomic mass is 10.1. The molecule has 0 bridgehead atoms. The monoisotopic (exact) mass is 399 g/mol. The topological polar surface area (TPSA) is 47.6 Å². The number of carbonyl (C=O) groups is 1. The molecule has 7 heteroatoms. The van der Waals surface area contributed by atoms with Crippen molar-refractivity contribution in [3.8, 4) is 11.5 Å². The summed E-state index contributed by atoms with van der Waals surface area (Å²) in [6.45, 7) is 0. The van der Waals surface area contributed by atoms with Crippen LogP contribution in [0.25, 0.3) is 0 Å². The highest BCUT2D eigenvalue weighted by molar-refractivity contribution is 9.10. The molecule has 4 nitrogen and oxygen atoms in total. The molecule has 1 N–H and O–H groups in total. The van der Waals surface area contributed by atoms with E-state index in [1.54, 1.807) is 18.2 Å². The number of fused-ring (bicyclic) bond motifs is 1. The number of benzene rings is 2. The average molecular weight is 401 g/mol. The van der Waals surface area contributed by atoms with E-state index in [0.717, 1.165) is 5.56 Å². The molecule has 0 spiro atoms. The van der Waals surface area contributed by atoms with Gasteiger partial charge in [0.2, 0.25) is 0 Å². The van der Waals surface area contributed by atoms with Crippen molar-refractivity contribution in [3.63, 3.8) is 0 Å². The second-order valence-corrected chi connectivity index (χ2v) is 6.31. The SMILES string of the molecule is COc1c(Br)cc(F)cc1NC(=O)[C@H]1Cc2cc(Cl)ccc2O1. The van der Waals surface area contributed by atoms with Crippen molar-refractivity contribution in [2.24, 2.45) is 0 Å². The molecule has 0 unspecified atom stereocenters. The fourth-order valence-corrected chi connectivity index (χ4v) is 3.23. The Hall–Kier alpha value is -1.79. The van der Waals surface area contributed by atoms with E-state index in [1.807, 2.05) is 0 Å². The Bertz CT molecular complexity index is 784. The predicted octanol–water partition coefficient (Wildman–Crippen LogP) is 4.19. The van der Waals surface area contributed by atoms with Crippen LogP contribution in [-0.2, 0) is 11.2 Å². The van der Waals surface area contributed by atoms with Gasteiger partial charge >= 0.3 is 0 Å². The molecule has 0 saturated carbocycles. The molecule has 1 aliphatic heterocycles. The lowest BCUT2D eigenvalue weighted by Gasteiger charge is -2.15. The van der Waals surface area contributed by atoms with Crippen LogP contribution in [0.4, 0.5) is 10.1 Å². The molecule has 2 aromatic carbocycles. The van der Waals surface area contributed by atoms with Gasteiger partial charge in [0.05, 0.1) is 17.3 Å². The van der Waals surface area contributed by atoms with Gasteiger partial charge in [-0.15, -0.1) is 0 Å². The molecular weight excluding hydrogens is 389 g/mol. The highest BCUT2D eigenvalue weighted by Crippen LogP contribution is 2.35. The van der Waals surface area contributed by atoms with E-state index >= 15 is 0 Å². The van der Waals surface area contributed by atoms with E-state index in [4.69, 9.17) is 21.1 Å². The van der Waals surface area contributed by atoms with Gasteiger partial charge < -0.3 is 14.8 Å². The van der Waals surface area contributed by atoms with Gasteiger partial charge in [0.1, 0.15) is 11.6 Å². The van der Waals surface area contributed by atoms with Crippen LogP contribution in [0.1, 0.15) is 5.56 Å². The minimum absolute atomic E-state index is 0.238. The average Bonchev–Trinajstić information content (AvgIpc) is 2.90. The van der Waals surface area contributed by atoms with Crippen LogP contribution < -0.4 is 14.8 Å². The van der Waals surface area contributed by atoms with Gasteiger partial charge in [-0.25, -0.2) is 4.39 Å². The van der Waals surface area contributed by atoms with Crippen LogP contribution in [0.5, 0.6) is 11.5 Å². The van der Waals surface area contributed by atoms with Crippen molar-refractivity contribution in [1.29, 1.82) is 0 Å². The van der Waals surface area contributed by atoms with Gasteiger partial charge in [-0.1, -0.05) is 11.6 Å². The van der Waals surface area contributed by atoms with Gasteiger partial charge in [-0.2, -0.15) is 0 Å². The third kappa shape index (κ3) is 3.28. The number of methoxy groups -OCH3 is 1. The zero-order valence-electron chi connectivity index (χ0n) is 12.0. The lowest BCUT2D eigenvalue weighted by molar-refractivity contribution is -0.122. The summed E-state index contributed by atoms with van der Waals surface area (Å²) in [5.41, 5.74) is 1.10. The maximum Gasteiger partial charge on any atom is 0.265 e. The Balaban J connectivity index is 1.79. The molecule has 1 amide bonds. The second kappa shape index (κ2) is 6.37. The van der Waals surface area contributed by atoms with Crippen LogP contribution >= 0.6 is 27.5 Å². The number of anilines is 1. The van der Waals surface area contributed by atoms with Gasteiger partial charge in [0, 0.05) is 17.5 Å². The molecule has 0 radical (unpaired) electrons. The molecule has 2 aromatic rings. The van der Waals surface area contributed by atoms with Gasteiger partial charge in [0.15, 0.2) is 11.9 Å². The standard InChI is InChI=1S/C16H12BrClFNO3/c1-22-15-11(17)6-10(19)7-12(15)20-16(21)14-5-8-4-9(18)2-3-13(8)23-14/h2-4,6-7,14H,5H2,1H3,(H,20,21)/t14-/m1/s1. The molecule has 0 fully saturated rings. The summed E-state index contributed by atoms with van der Waals surface area (Å²) in [6, 6.07) is 7.65. The number of hydrogen-bond acceptors (Lipinski definition) is 3. The summed E-state index contributed by atoms with van der Waals surface area (Å²) in [7, 11) is 1.44. The first kappa shape index (κ1) is 16.1. The van der Waals surface area contributed by atoms with Crippen molar-refractivity contribution in [2.45, 2.75) is 12.5 Å². The molecule has 1 atom stereocenters. The van der Waals surface area contributed by atoms with Crippen LogP contribution in [0.2, 0.25) is 5.02 Å². The third-order valence-corrected chi connectivity index (χ3v) is 4.28. The van der Waals surface area contributed by atoms with E-state index in [0.29, 0.717) is 27.4 Å². The normalized spacial score (nSPS) is 15.7. The summed E-state index contributed by atoms with van der Waals surface area (Å²) in [5, 5.41) is 3.23. The van der Waals surface area contributed by atoms with Crippen LogP contribution in [0, 0.1) is 5.82 Å². The number of carbonyl (C=O) groups excluding carboxylic acids is 1. The minimum Gasteiger partial charge on any atom is -0.493 e. The highest BCUT2D eigenvalue weighted by Gasteiger charge is 2.30. The highest BCUT2D eigenvalue weighted by atomic mass is 79.9. The summed E-state index contributed by atoms with van der Waals surface area (Å²) in [4.78, 5) is 12.4. The van der Waals surface area contributed by atoms with Crippen molar-refractivity contribution in [1.82, 2.24) is 0 Å². The Morgan fingerprint density at radius 1 is 1.43 bits per heavy atom. The zero-order chi connectivity index (χ0) is 16.6. The molecule has 1 aliphatic rings. The van der Waals surface area contributed by atoms with Crippen molar-refractivity contribution >= 4 is 39.1 Å². The Morgan fingerprint density at radius 2 is 2.22 bits per heavy atom. The largest absolute Gasteiger partial charge is 0.493 e.